The number of methoxy groups -OCH3 is 2. The van der Waals surface area contributed by atoms with Crippen LogP contribution in [0.2, 0.25) is 10.0 Å². The van der Waals surface area contributed by atoms with Gasteiger partial charge in [0.1, 0.15) is 11.5 Å². The van der Waals surface area contributed by atoms with Gasteiger partial charge in [0.15, 0.2) is 0 Å². The van der Waals surface area contributed by atoms with E-state index in [4.69, 9.17) is 37.4 Å². The van der Waals surface area contributed by atoms with Crippen molar-refractivity contribution in [2.75, 3.05) is 14.2 Å². The first-order valence-corrected chi connectivity index (χ1v) is 13.2. The second-order valence-corrected chi connectivity index (χ2v) is 9.83. The molecule has 0 aromatic heterocycles. The van der Waals surface area contributed by atoms with E-state index in [2.05, 4.69) is 0 Å². The zero-order valence-corrected chi connectivity index (χ0v) is 23.1. The van der Waals surface area contributed by atoms with E-state index < -0.39 is 0 Å². The Hall–Kier alpha value is -3.80. The van der Waals surface area contributed by atoms with E-state index >= 15 is 0 Å². The van der Waals surface area contributed by atoms with Crippen LogP contribution in [0.5, 0.6) is 11.5 Å². The molecule has 0 spiro atoms. The quantitative estimate of drug-likeness (QED) is 0.177. The molecule has 39 heavy (non-hydrogen) atoms. The Morgan fingerprint density at radius 2 is 1.54 bits per heavy atom. The van der Waals surface area contributed by atoms with Crippen molar-refractivity contribution >= 4 is 35.1 Å². The minimum Gasteiger partial charge on any atom is -0.496 e. The molecule has 200 valence electrons. The highest BCUT2D eigenvalue weighted by atomic mass is 35.5. The predicted octanol–water partition coefficient (Wildman–Crippen LogP) is 7.82. The van der Waals surface area contributed by atoms with Crippen LogP contribution in [0.25, 0.3) is 0 Å². The molecule has 1 heterocycles. The molecule has 2 unspecified atom stereocenters. The van der Waals surface area contributed by atoms with Crippen LogP contribution in [0.4, 0.5) is 0 Å². The van der Waals surface area contributed by atoms with E-state index in [9.17, 15) is 9.59 Å². The molecule has 1 aliphatic rings. The Morgan fingerprint density at radius 1 is 0.897 bits per heavy atom. The first-order valence-electron chi connectivity index (χ1n) is 12.4. The lowest BCUT2D eigenvalue weighted by molar-refractivity contribution is -0.141. The number of benzene rings is 4. The van der Waals surface area contributed by atoms with Gasteiger partial charge in [0.25, 0.3) is 0 Å². The first-order chi connectivity index (χ1) is 18.9. The maximum absolute atomic E-state index is 11.8. The molecular formula is C32H28Cl2O5. The van der Waals surface area contributed by atoms with Gasteiger partial charge in [-0.25, -0.2) is 0 Å². The Balaban J connectivity index is 0.000000183. The molecule has 0 saturated heterocycles. The fourth-order valence-electron chi connectivity index (χ4n) is 4.63. The molecule has 2 atom stereocenters. The summed E-state index contributed by atoms with van der Waals surface area (Å²) in [6.45, 7) is 0. The Kier molecular flexibility index (Phi) is 9.64. The van der Waals surface area contributed by atoms with E-state index in [0.717, 1.165) is 22.3 Å². The van der Waals surface area contributed by atoms with Crippen molar-refractivity contribution in [2.24, 2.45) is 0 Å². The van der Waals surface area contributed by atoms with Crippen molar-refractivity contribution in [3.63, 3.8) is 0 Å². The zero-order valence-electron chi connectivity index (χ0n) is 21.6. The van der Waals surface area contributed by atoms with E-state index in [1.165, 1.54) is 7.11 Å². The van der Waals surface area contributed by atoms with Crippen molar-refractivity contribution in [1.82, 2.24) is 0 Å². The van der Waals surface area contributed by atoms with Crippen LogP contribution in [0.15, 0.2) is 97.1 Å². The van der Waals surface area contributed by atoms with Gasteiger partial charge in [-0.05, 0) is 47.5 Å². The van der Waals surface area contributed by atoms with Crippen LogP contribution < -0.4 is 9.47 Å². The monoisotopic (exact) mass is 562 g/mol. The molecule has 0 radical (unpaired) electrons. The highest BCUT2D eigenvalue weighted by molar-refractivity contribution is 6.31. The molecular weight excluding hydrogens is 535 g/mol. The lowest BCUT2D eigenvalue weighted by Gasteiger charge is -2.24. The topological polar surface area (TPSA) is 61.8 Å². The summed E-state index contributed by atoms with van der Waals surface area (Å²) in [5.74, 6) is 0.722. The second-order valence-electron chi connectivity index (χ2n) is 8.95. The molecule has 1 aliphatic heterocycles. The normalized spacial score (nSPS) is 14.7. The Bertz CT molecular complexity index is 1420. The van der Waals surface area contributed by atoms with Crippen LogP contribution >= 0.6 is 23.2 Å². The van der Waals surface area contributed by atoms with E-state index in [-0.39, 0.29) is 30.2 Å². The molecule has 0 fully saturated rings. The molecule has 5 rings (SSSR count). The number of hydrogen-bond acceptors (Lipinski definition) is 5. The first kappa shape index (κ1) is 28.2. The number of carbonyl (C=O) groups is 2. The summed E-state index contributed by atoms with van der Waals surface area (Å²) in [5.41, 5.74) is 3.98. The third-order valence-corrected chi connectivity index (χ3v) is 6.98. The minimum absolute atomic E-state index is 0.0288. The fourth-order valence-corrected chi connectivity index (χ4v) is 4.99. The molecule has 5 nitrogen and oxygen atoms in total. The van der Waals surface area contributed by atoms with Crippen molar-refractivity contribution in [2.45, 2.75) is 24.7 Å². The predicted molar refractivity (Wildman–Crippen MR) is 153 cm³/mol. The lowest BCUT2D eigenvalue weighted by atomic mass is 9.86. The summed E-state index contributed by atoms with van der Waals surface area (Å²) >= 11 is 12.1. The Labute approximate surface area is 238 Å². The third kappa shape index (κ3) is 7.20. The maximum Gasteiger partial charge on any atom is 0.312 e. The summed E-state index contributed by atoms with van der Waals surface area (Å²) in [6.07, 6.45) is 0.592. The van der Waals surface area contributed by atoms with Gasteiger partial charge in [-0.15, -0.1) is 0 Å². The van der Waals surface area contributed by atoms with Crippen LogP contribution in [0.1, 0.15) is 46.9 Å². The van der Waals surface area contributed by atoms with Crippen molar-refractivity contribution < 1.29 is 23.8 Å². The number of ether oxygens (including phenoxy) is 3. The van der Waals surface area contributed by atoms with Crippen molar-refractivity contribution in [3.05, 3.63) is 129 Å². The van der Waals surface area contributed by atoms with E-state index in [1.807, 2.05) is 78.9 Å². The molecule has 0 aliphatic carbocycles. The van der Waals surface area contributed by atoms with Gasteiger partial charge in [0.05, 0.1) is 27.1 Å². The summed E-state index contributed by atoms with van der Waals surface area (Å²) in [4.78, 5) is 23.4. The third-order valence-electron chi connectivity index (χ3n) is 6.51. The Morgan fingerprint density at radius 3 is 2.21 bits per heavy atom. The van der Waals surface area contributed by atoms with E-state index in [1.54, 1.807) is 25.3 Å². The molecule has 4 aromatic rings. The lowest BCUT2D eigenvalue weighted by Crippen LogP contribution is -2.20. The highest BCUT2D eigenvalue weighted by Gasteiger charge is 2.28. The van der Waals surface area contributed by atoms with Crippen LogP contribution in [0.3, 0.4) is 0 Å². The average Bonchev–Trinajstić information content (AvgIpc) is 2.97. The van der Waals surface area contributed by atoms with Crippen LogP contribution in [-0.2, 0) is 14.3 Å². The minimum atomic E-state index is -0.272. The number of rotatable bonds is 6. The number of hydrogen-bond donors (Lipinski definition) is 0. The number of carbonyl (C=O) groups excluding carboxylic acids is 2. The molecule has 4 aromatic carbocycles. The standard InChI is InChI=1S/C17H17ClO3.C15H11ClO2/c1-20-16-9-8-13(18)10-15(16)14(11-17(19)21-2)12-6-4-3-5-7-12;16-11-6-7-14-13(8-11)12(9-15(17)18-14)10-4-2-1-3-5-10/h3-10,14H,11H2,1-2H3;1-8,12H,9H2. The van der Waals surface area contributed by atoms with Gasteiger partial charge in [0.2, 0.25) is 0 Å². The van der Waals surface area contributed by atoms with E-state index in [0.29, 0.717) is 28.0 Å². The average molecular weight is 563 g/mol. The maximum atomic E-state index is 11.8. The smallest absolute Gasteiger partial charge is 0.312 e. The molecule has 7 heteroatoms. The summed E-state index contributed by atoms with van der Waals surface area (Å²) in [6, 6.07) is 30.5. The number of fused-ring (bicyclic) bond motifs is 1. The summed E-state index contributed by atoms with van der Waals surface area (Å²) in [5, 5.41) is 1.27. The molecule has 0 N–H and O–H groups in total. The van der Waals surface area contributed by atoms with Gasteiger partial charge in [0, 0.05) is 33.0 Å². The fraction of sp³-hybridized carbons (Fsp3) is 0.188. The molecule has 0 saturated carbocycles. The number of esters is 2. The van der Waals surface area contributed by atoms with Gasteiger partial charge in [-0.3, -0.25) is 9.59 Å². The van der Waals surface area contributed by atoms with Gasteiger partial charge < -0.3 is 14.2 Å². The van der Waals surface area contributed by atoms with Crippen molar-refractivity contribution in [3.8, 4) is 11.5 Å². The van der Waals surface area contributed by atoms with Gasteiger partial charge in [-0.1, -0.05) is 83.9 Å². The summed E-state index contributed by atoms with van der Waals surface area (Å²) < 4.78 is 15.5. The SMILES string of the molecule is COC(=O)CC(c1ccccc1)c1cc(Cl)ccc1OC.O=C1CC(c2ccccc2)c2cc(Cl)ccc2O1. The van der Waals surface area contributed by atoms with Gasteiger partial charge >= 0.3 is 11.9 Å². The molecule has 0 amide bonds. The second kappa shape index (κ2) is 13.3. The van der Waals surface area contributed by atoms with Gasteiger partial charge in [-0.2, -0.15) is 0 Å². The van der Waals surface area contributed by atoms with Crippen LogP contribution in [0, 0.1) is 0 Å². The van der Waals surface area contributed by atoms with Crippen LogP contribution in [-0.4, -0.2) is 26.2 Å². The molecule has 0 bridgehead atoms. The highest BCUT2D eigenvalue weighted by Crippen LogP contribution is 2.40. The largest absolute Gasteiger partial charge is 0.496 e. The summed E-state index contributed by atoms with van der Waals surface area (Å²) in [7, 11) is 2.99. The zero-order chi connectivity index (χ0) is 27.8. The number of halogens is 2. The van der Waals surface area contributed by atoms with Crippen molar-refractivity contribution in [1.29, 1.82) is 0 Å².